The Kier molecular flexibility index (Phi) is 4.21. The standard InChI is InChI=1S/C12H18N2O3S/c1-17-11-4-2-3-5-12(11)18(15,16)14-9-8-13-10-6-7-10/h2-5,10,13-14H,6-9H2,1H3. The first-order chi connectivity index (χ1) is 8.63. The van der Waals surface area contributed by atoms with Crippen LogP contribution >= 0.6 is 0 Å². The van der Waals surface area contributed by atoms with Crippen molar-refractivity contribution in [2.24, 2.45) is 0 Å². The van der Waals surface area contributed by atoms with Gasteiger partial charge in [-0.15, -0.1) is 0 Å². The number of hydrogen-bond acceptors (Lipinski definition) is 4. The lowest BCUT2D eigenvalue weighted by atomic mass is 10.3. The second kappa shape index (κ2) is 5.69. The van der Waals surface area contributed by atoms with Crippen molar-refractivity contribution in [3.8, 4) is 5.75 Å². The van der Waals surface area contributed by atoms with Crippen LogP contribution in [-0.2, 0) is 10.0 Å². The number of methoxy groups -OCH3 is 1. The third-order valence-corrected chi connectivity index (χ3v) is 4.29. The molecular formula is C12H18N2O3S. The lowest BCUT2D eigenvalue weighted by Crippen LogP contribution is -2.32. The summed E-state index contributed by atoms with van der Waals surface area (Å²) in [5.41, 5.74) is 0. The van der Waals surface area contributed by atoms with E-state index in [1.807, 2.05) is 0 Å². The number of hydrogen-bond donors (Lipinski definition) is 2. The van der Waals surface area contributed by atoms with E-state index in [-0.39, 0.29) is 4.90 Å². The zero-order valence-electron chi connectivity index (χ0n) is 10.3. The van der Waals surface area contributed by atoms with Crippen LogP contribution in [0.25, 0.3) is 0 Å². The van der Waals surface area contributed by atoms with Crippen LogP contribution in [0.1, 0.15) is 12.8 Å². The average molecular weight is 270 g/mol. The van der Waals surface area contributed by atoms with Crippen molar-refractivity contribution < 1.29 is 13.2 Å². The van der Waals surface area contributed by atoms with Crippen LogP contribution in [0, 0.1) is 0 Å². The topological polar surface area (TPSA) is 67.4 Å². The highest BCUT2D eigenvalue weighted by Gasteiger charge is 2.21. The molecule has 1 saturated carbocycles. The summed E-state index contributed by atoms with van der Waals surface area (Å²) in [4.78, 5) is 0.180. The van der Waals surface area contributed by atoms with Gasteiger partial charge in [-0.2, -0.15) is 0 Å². The van der Waals surface area contributed by atoms with Crippen LogP contribution in [0.2, 0.25) is 0 Å². The van der Waals surface area contributed by atoms with Gasteiger partial charge in [0.15, 0.2) is 0 Å². The lowest BCUT2D eigenvalue weighted by Gasteiger charge is -2.10. The van der Waals surface area contributed by atoms with Crippen molar-refractivity contribution in [2.75, 3.05) is 20.2 Å². The lowest BCUT2D eigenvalue weighted by molar-refractivity contribution is 0.402. The smallest absolute Gasteiger partial charge is 0.244 e. The Balaban J connectivity index is 1.95. The summed E-state index contributed by atoms with van der Waals surface area (Å²) < 4.78 is 31.7. The van der Waals surface area contributed by atoms with Crippen LogP contribution in [0.5, 0.6) is 5.75 Å². The molecule has 0 aromatic heterocycles. The minimum Gasteiger partial charge on any atom is -0.495 e. The molecule has 0 aliphatic heterocycles. The zero-order chi connectivity index (χ0) is 13.0. The predicted octanol–water partition coefficient (Wildman–Crippen LogP) is 0.725. The molecule has 0 bridgehead atoms. The molecule has 0 unspecified atom stereocenters. The number of ether oxygens (including phenoxy) is 1. The molecule has 1 aromatic rings. The molecule has 0 atom stereocenters. The Morgan fingerprint density at radius 1 is 1.28 bits per heavy atom. The highest BCUT2D eigenvalue weighted by molar-refractivity contribution is 7.89. The highest BCUT2D eigenvalue weighted by atomic mass is 32.2. The monoisotopic (exact) mass is 270 g/mol. The number of benzene rings is 1. The van der Waals surface area contributed by atoms with Gasteiger partial charge >= 0.3 is 0 Å². The normalized spacial score (nSPS) is 15.6. The van der Waals surface area contributed by atoms with Crippen molar-refractivity contribution in [3.63, 3.8) is 0 Å². The fourth-order valence-corrected chi connectivity index (χ4v) is 2.87. The van der Waals surface area contributed by atoms with Gasteiger partial charge in [-0.1, -0.05) is 12.1 Å². The summed E-state index contributed by atoms with van der Waals surface area (Å²) in [6.45, 7) is 1.04. The van der Waals surface area contributed by atoms with Crippen molar-refractivity contribution >= 4 is 10.0 Å². The number of rotatable bonds is 7. The molecule has 1 aliphatic carbocycles. The second-order valence-electron chi connectivity index (χ2n) is 4.28. The van der Waals surface area contributed by atoms with Crippen molar-refractivity contribution in [2.45, 2.75) is 23.8 Å². The third kappa shape index (κ3) is 3.44. The zero-order valence-corrected chi connectivity index (χ0v) is 11.2. The molecule has 0 amide bonds. The van der Waals surface area contributed by atoms with Crippen LogP contribution in [0.15, 0.2) is 29.2 Å². The summed E-state index contributed by atoms with van der Waals surface area (Å²) in [6, 6.07) is 7.18. The van der Waals surface area contributed by atoms with Crippen molar-refractivity contribution in [1.29, 1.82) is 0 Å². The van der Waals surface area contributed by atoms with E-state index in [1.54, 1.807) is 18.2 Å². The molecule has 0 saturated heterocycles. The number of nitrogens with one attached hydrogen (secondary N) is 2. The summed E-state index contributed by atoms with van der Waals surface area (Å²) in [7, 11) is -2.03. The minimum atomic E-state index is -3.50. The average Bonchev–Trinajstić information content (AvgIpc) is 3.19. The van der Waals surface area contributed by atoms with Gasteiger partial charge in [0.1, 0.15) is 10.6 Å². The predicted molar refractivity (Wildman–Crippen MR) is 69.2 cm³/mol. The van der Waals surface area contributed by atoms with Gasteiger partial charge in [-0.25, -0.2) is 13.1 Å². The Hall–Kier alpha value is -1.11. The second-order valence-corrected chi connectivity index (χ2v) is 6.01. The summed E-state index contributed by atoms with van der Waals surface area (Å²) >= 11 is 0. The van der Waals surface area contributed by atoms with E-state index in [0.717, 1.165) is 0 Å². The Labute approximate surface area is 108 Å². The summed E-state index contributed by atoms with van der Waals surface area (Å²) in [5.74, 6) is 0.361. The van der Waals surface area contributed by atoms with Crippen molar-refractivity contribution in [1.82, 2.24) is 10.0 Å². The first-order valence-electron chi connectivity index (χ1n) is 5.99. The molecule has 1 aliphatic rings. The fourth-order valence-electron chi connectivity index (χ4n) is 1.67. The molecule has 0 spiro atoms. The quantitative estimate of drug-likeness (QED) is 0.717. The largest absolute Gasteiger partial charge is 0.495 e. The van der Waals surface area contributed by atoms with Crippen LogP contribution in [0.4, 0.5) is 0 Å². The van der Waals surface area contributed by atoms with E-state index >= 15 is 0 Å². The Bertz CT molecular complexity index is 498. The minimum absolute atomic E-state index is 0.180. The molecule has 100 valence electrons. The van der Waals surface area contributed by atoms with E-state index in [4.69, 9.17) is 4.74 Å². The molecule has 1 aromatic carbocycles. The first-order valence-corrected chi connectivity index (χ1v) is 7.48. The van der Waals surface area contributed by atoms with Crippen molar-refractivity contribution in [3.05, 3.63) is 24.3 Å². The van der Waals surface area contributed by atoms with Crippen LogP contribution in [0.3, 0.4) is 0 Å². The molecule has 2 rings (SSSR count). The summed E-state index contributed by atoms with van der Waals surface area (Å²) in [6.07, 6.45) is 2.39. The number of para-hydroxylation sites is 1. The number of sulfonamides is 1. The SMILES string of the molecule is COc1ccccc1S(=O)(=O)NCCNC1CC1. The van der Waals surface area contributed by atoms with Gasteiger partial charge in [0, 0.05) is 19.1 Å². The van der Waals surface area contributed by atoms with E-state index in [0.29, 0.717) is 24.9 Å². The van der Waals surface area contributed by atoms with Crippen LogP contribution in [-0.4, -0.2) is 34.7 Å². The maximum Gasteiger partial charge on any atom is 0.244 e. The van der Waals surface area contributed by atoms with E-state index < -0.39 is 10.0 Å². The fraction of sp³-hybridized carbons (Fsp3) is 0.500. The van der Waals surface area contributed by atoms with Gasteiger partial charge in [-0.05, 0) is 25.0 Å². The summed E-state index contributed by atoms with van der Waals surface area (Å²) in [5, 5.41) is 3.25. The van der Waals surface area contributed by atoms with Crippen LogP contribution < -0.4 is 14.8 Å². The molecule has 5 nitrogen and oxygen atoms in total. The molecular weight excluding hydrogens is 252 g/mol. The molecule has 18 heavy (non-hydrogen) atoms. The maximum absolute atomic E-state index is 12.1. The molecule has 0 radical (unpaired) electrons. The molecule has 1 fully saturated rings. The van der Waals surface area contributed by atoms with Gasteiger partial charge < -0.3 is 10.1 Å². The van der Waals surface area contributed by atoms with Gasteiger partial charge in [-0.3, -0.25) is 0 Å². The van der Waals surface area contributed by atoms with Gasteiger partial charge in [0.05, 0.1) is 7.11 Å². The van der Waals surface area contributed by atoms with Gasteiger partial charge in [0.25, 0.3) is 0 Å². The van der Waals surface area contributed by atoms with E-state index in [1.165, 1.54) is 26.0 Å². The highest BCUT2D eigenvalue weighted by Crippen LogP contribution is 2.22. The third-order valence-electron chi connectivity index (χ3n) is 2.79. The van der Waals surface area contributed by atoms with Gasteiger partial charge in [0.2, 0.25) is 10.0 Å². The molecule has 0 heterocycles. The van der Waals surface area contributed by atoms with E-state index in [9.17, 15) is 8.42 Å². The first kappa shape index (κ1) is 13.3. The van der Waals surface area contributed by atoms with E-state index in [2.05, 4.69) is 10.0 Å². The Morgan fingerprint density at radius 3 is 2.67 bits per heavy atom. The Morgan fingerprint density at radius 2 is 2.00 bits per heavy atom. The molecule has 6 heteroatoms. The molecule has 2 N–H and O–H groups in total. The maximum atomic E-state index is 12.1.